The third-order valence-corrected chi connectivity index (χ3v) is 2.38. The van der Waals surface area contributed by atoms with Crippen LogP contribution < -0.4 is 0 Å². The third-order valence-electron chi connectivity index (χ3n) is 2.38. The van der Waals surface area contributed by atoms with Gasteiger partial charge in [-0.25, -0.2) is 9.97 Å². The lowest BCUT2D eigenvalue weighted by molar-refractivity contribution is 0.783. The lowest BCUT2D eigenvalue weighted by atomic mass is 10.0. The van der Waals surface area contributed by atoms with Gasteiger partial charge in [0.25, 0.3) is 0 Å². The van der Waals surface area contributed by atoms with Crippen LogP contribution in [0.4, 0.5) is 0 Å². The average Bonchev–Trinajstić information content (AvgIpc) is 2.19. The molecule has 82 valence electrons. The molecule has 1 aromatic heterocycles. The number of hydrogen-bond donors (Lipinski definition) is 0. The Morgan fingerprint density at radius 3 is 2.40 bits per heavy atom. The van der Waals surface area contributed by atoms with Crippen molar-refractivity contribution >= 4 is 6.08 Å². The zero-order valence-corrected chi connectivity index (χ0v) is 10.3. The second-order valence-electron chi connectivity index (χ2n) is 4.02. The fourth-order valence-electron chi connectivity index (χ4n) is 1.72. The molecule has 0 aliphatic heterocycles. The van der Waals surface area contributed by atoms with Gasteiger partial charge in [0, 0.05) is 5.56 Å². The van der Waals surface area contributed by atoms with Gasteiger partial charge in [0.1, 0.15) is 5.82 Å². The van der Waals surface area contributed by atoms with E-state index in [1.165, 1.54) is 5.56 Å². The summed E-state index contributed by atoms with van der Waals surface area (Å²) in [4.78, 5) is 9.03. The quantitative estimate of drug-likeness (QED) is 0.753. The highest BCUT2D eigenvalue weighted by atomic mass is 14.9. The lowest BCUT2D eigenvalue weighted by Crippen LogP contribution is -2.06. The fraction of sp³-hybridized carbons (Fsp3) is 0.538. The Labute approximate surface area is 92.5 Å². The van der Waals surface area contributed by atoms with Crippen molar-refractivity contribution in [3.05, 3.63) is 28.9 Å². The molecule has 2 heteroatoms. The Bertz CT molecular complexity index is 365. The van der Waals surface area contributed by atoms with Crippen molar-refractivity contribution in [2.75, 3.05) is 0 Å². The summed E-state index contributed by atoms with van der Waals surface area (Å²) in [7, 11) is 0. The third kappa shape index (κ3) is 2.65. The van der Waals surface area contributed by atoms with Gasteiger partial charge in [-0.2, -0.15) is 0 Å². The maximum absolute atomic E-state index is 4.54. The molecular formula is C13H20N2. The van der Waals surface area contributed by atoms with Crippen LogP contribution in [0.15, 0.2) is 6.08 Å². The highest BCUT2D eigenvalue weighted by Gasteiger charge is 2.11. The van der Waals surface area contributed by atoms with Crippen molar-refractivity contribution in [2.24, 2.45) is 0 Å². The molecular weight excluding hydrogens is 184 g/mol. The molecule has 0 saturated carbocycles. The van der Waals surface area contributed by atoms with Crippen LogP contribution in [0.1, 0.15) is 56.4 Å². The maximum atomic E-state index is 4.54. The summed E-state index contributed by atoms with van der Waals surface area (Å²) >= 11 is 0. The van der Waals surface area contributed by atoms with Gasteiger partial charge in [0.05, 0.1) is 11.4 Å². The van der Waals surface area contributed by atoms with E-state index < -0.39 is 0 Å². The Balaban J connectivity index is 3.40. The van der Waals surface area contributed by atoms with Gasteiger partial charge >= 0.3 is 0 Å². The predicted molar refractivity (Wildman–Crippen MR) is 64.9 cm³/mol. The van der Waals surface area contributed by atoms with E-state index in [2.05, 4.69) is 42.9 Å². The molecule has 1 aromatic rings. The van der Waals surface area contributed by atoms with E-state index in [-0.39, 0.29) is 0 Å². The van der Waals surface area contributed by atoms with E-state index in [0.717, 1.165) is 23.6 Å². The van der Waals surface area contributed by atoms with Crippen LogP contribution in [-0.4, -0.2) is 9.97 Å². The minimum absolute atomic E-state index is 0.447. The Morgan fingerprint density at radius 1 is 1.27 bits per heavy atom. The molecule has 0 spiro atoms. The molecule has 0 aliphatic carbocycles. The Hall–Kier alpha value is -1.18. The summed E-state index contributed by atoms with van der Waals surface area (Å²) in [5.41, 5.74) is 3.53. The molecule has 0 amide bonds. The van der Waals surface area contributed by atoms with Gasteiger partial charge in [0.2, 0.25) is 0 Å². The molecule has 0 unspecified atom stereocenters. The van der Waals surface area contributed by atoms with Crippen LogP contribution in [0.25, 0.3) is 6.08 Å². The minimum Gasteiger partial charge on any atom is -0.238 e. The summed E-state index contributed by atoms with van der Waals surface area (Å²) in [6.45, 7) is 10.5. The van der Waals surface area contributed by atoms with E-state index in [4.69, 9.17) is 0 Å². The smallest absolute Gasteiger partial charge is 0.125 e. The fourth-order valence-corrected chi connectivity index (χ4v) is 1.72. The van der Waals surface area contributed by atoms with Crippen LogP contribution >= 0.6 is 0 Å². The molecule has 0 saturated heterocycles. The number of rotatable bonds is 3. The molecule has 0 aliphatic rings. The van der Waals surface area contributed by atoms with Crippen molar-refractivity contribution in [1.29, 1.82) is 0 Å². The van der Waals surface area contributed by atoms with Gasteiger partial charge in [-0.15, -0.1) is 0 Å². The Kier molecular flexibility index (Phi) is 4.01. The van der Waals surface area contributed by atoms with Crippen molar-refractivity contribution in [2.45, 2.75) is 47.0 Å². The first-order chi connectivity index (χ1) is 7.10. The molecule has 1 rings (SSSR count). The SMILES string of the molecule is C/C=C\c1c(CC)nc(C)nc1C(C)C. The van der Waals surface area contributed by atoms with Crippen LogP contribution in [0.2, 0.25) is 0 Å². The summed E-state index contributed by atoms with van der Waals surface area (Å²) in [5, 5.41) is 0. The van der Waals surface area contributed by atoms with Crippen LogP contribution in [0, 0.1) is 6.92 Å². The normalized spacial score (nSPS) is 11.6. The summed E-state index contributed by atoms with van der Waals surface area (Å²) < 4.78 is 0. The molecule has 0 aromatic carbocycles. The van der Waals surface area contributed by atoms with Crippen molar-refractivity contribution in [3.63, 3.8) is 0 Å². The molecule has 0 N–H and O–H groups in total. The standard InChI is InChI=1S/C13H20N2/c1-6-8-11-12(7-2)14-10(5)15-13(11)9(3)4/h6,8-9H,7H2,1-5H3/b8-6-. The topological polar surface area (TPSA) is 25.8 Å². The Morgan fingerprint density at radius 2 is 1.93 bits per heavy atom. The van der Waals surface area contributed by atoms with E-state index in [1.807, 2.05) is 13.8 Å². The predicted octanol–water partition coefficient (Wildman–Crippen LogP) is 3.50. The zero-order valence-electron chi connectivity index (χ0n) is 10.3. The van der Waals surface area contributed by atoms with Crippen LogP contribution in [0.5, 0.6) is 0 Å². The second kappa shape index (κ2) is 5.06. The first-order valence-electron chi connectivity index (χ1n) is 5.60. The largest absolute Gasteiger partial charge is 0.238 e. The zero-order chi connectivity index (χ0) is 11.4. The van der Waals surface area contributed by atoms with E-state index >= 15 is 0 Å². The van der Waals surface area contributed by atoms with Crippen molar-refractivity contribution < 1.29 is 0 Å². The van der Waals surface area contributed by atoms with Gasteiger partial charge in [-0.3, -0.25) is 0 Å². The lowest BCUT2D eigenvalue weighted by Gasteiger charge is -2.13. The number of allylic oxidation sites excluding steroid dienone is 1. The van der Waals surface area contributed by atoms with E-state index in [9.17, 15) is 0 Å². The summed E-state index contributed by atoms with van der Waals surface area (Å²) in [6.07, 6.45) is 5.13. The molecule has 2 nitrogen and oxygen atoms in total. The van der Waals surface area contributed by atoms with Crippen LogP contribution in [-0.2, 0) is 6.42 Å². The highest BCUT2D eigenvalue weighted by molar-refractivity contribution is 5.55. The number of hydrogen-bond acceptors (Lipinski definition) is 2. The monoisotopic (exact) mass is 204 g/mol. The number of nitrogens with zero attached hydrogens (tertiary/aromatic N) is 2. The van der Waals surface area contributed by atoms with Gasteiger partial charge in [-0.05, 0) is 26.2 Å². The highest BCUT2D eigenvalue weighted by Crippen LogP contribution is 2.21. The van der Waals surface area contributed by atoms with Gasteiger partial charge in [-0.1, -0.05) is 32.9 Å². The minimum atomic E-state index is 0.447. The molecule has 15 heavy (non-hydrogen) atoms. The van der Waals surface area contributed by atoms with Crippen LogP contribution in [0.3, 0.4) is 0 Å². The summed E-state index contributed by atoms with van der Waals surface area (Å²) in [6, 6.07) is 0. The summed E-state index contributed by atoms with van der Waals surface area (Å²) in [5.74, 6) is 1.33. The number of aryl methyl sites for hydroxylation is 2. The number of aromatic nitrogens is 2. The molecule has 0 fully saturated rings. The van der Waals surface area contributed by atoms with E-state index in [1.54, 1.807) is 0 Å². The molecule has 0 radical (unpaired) electrons. The first-order valence-corrected chi connectivity index (χ1v) is 5.60. The molecule has 1 heterocycles. The van der Waals surface area contributed by atoms with Crippen molar-refractivity contribution in [3.8, 4) is 0 Å². The average molecular weight is 204 g/mol. The van der Waals surface area contributed by atoms with Gasteiger partial charge < -0.3 is 0 Å². The first kappa shape index (κ1) is 11.9. The molecule has 0 atom stereocenters. The van der Waals surface area contributed by atoms with Crippen molar-refractivity contribution in [1.82, 2.24) is 9.97 Å². The van der Waals surface area contributed by atoms with E-state index in [0.29, 0.717) is 5.92 Å². The van der Waals surface area contributed by atoms with Gasteiger partial charge in [0.15, 0.2) is 0 Å². The second-order valence-corrected chi connectivity index (χ2v) is 4.02. The maximum Gasteiger partial charge on any atom is 0.125 e. The molecule has 0 bridgehead atoms.